The Labute approximate surface area is 75.5 Å². The fraction of sp³-hybridized carbons (Fsp3) is 0.111. The highest BCUT2D eigenvalue weighted by molar-refractivity contribution is 5.94. The van der Waals surface area contributed by atoms with Gasteiger partial charge in [-0.25, -0.2) is 9.59 Å². The fourth-order valence-electron chi connectivity index (χ4n) is 0.876. The average molecular weight is 176 g/mol. The Morgan fingerprint density at radius 3 is 2.54 bits per heavy atom. The first kappa shape index (κ1) is 9.16. The number of isocyanates is 1. The summed E-state index contributed by atoms with van der Waals surface area (Å²) in [5.74, 6) is 0. The predicted octanol–water partition coefficient (Wildman–Crippen LogP) is 1.58. The van der Waals surface area contributed by atoms with Gasteiger partial charge < -0.3 is 0 Å². The van der Waals surface area contributed by atoms with E-state index in [2.05, 4.69) is 4.99 Å². The molecule has 0 N–H and O–H groups in total. The second kappa shape index (κ2) is 4.18. The van der Waals surface area contributed by atoms with Crippen LogP contribution in [0.5, 0.6) is 0 Å². The van der Waals surface area contributed by atoms with Gasteiger partial charge in [0.25, 0.3) is 0 Å². The molecule has 0 saturated heterocycles. The van der Waals surface area contributed by atoms with Crippen LogP contribution in [0.1, 0.15) is 0 Å². The smallest absolute Gasteiger partial charge is 0.295 e. The number of benzene rings is 1. The topological polar surface area (TPSA) is 49.7 Å². The van der Waals surface area contributed by atoms with Crippen molar-refractivity contribution in [3.63, 3.8) is 0 Å². The van der Waals surface area contributed by atoms with Gasteiger partial charge in [-0.2, -0.15) is 0 Å². The second-order valence-corrected chi connectivity index (χ2v) is 2.38. The number of hydrogen-bond donors (Lipinski definition) is 0. The molecular weight excluding hydrogens is 168 g/mol. The van der Waals surface area contributed by atoms with Crippen molar-refractivity contribution >= 4 is 17.8 Å². The van der Waals surface area contributed by atoms with E-state index in [0.29, 0.717) is 5.69 Å². The maximum Gasteiger partial charge on any atom is 0.358 e. The fourth-order valence-corrected chi connectivity index (χ4v) is 0.876. The number of carbonyl (C=O) groups is 1. The van der Waals surface area contributed by atoms with Gasteiger partial charge in [0.05, 0.1) is 0 Å². The van der Waals surface area contributed by atoms with Gasteiger partial charge in [-0.05, 0) is 12.1 Å². The molecule has 0 unspecified atom stereocenters. The molecule has 1 aromatic rings. The van der Waals surface area contributed by atoms with Crippen LogP contribution in [0.15, 0.2) is 35.3 Å². The Balaban J connectivity index is 2.85. The minimum absolute atomic E-state index is 0.624. The van der Waals surface area contributed by atoms with Crippen molar-refractivity contribution in [1.29, 1.82) is 0 Å². The zero-order chi connectivity index (χ0) is 9.68. The van der Waals surface area contributed by atoms with Crippen molar-refractivity contribution in [2.45, 2.75) is 0 Å². The third-order valence-corrected chi connectivity index (χ3v) is 1.57. The van der Waals surface area contributed by atoms with Gasteiger partial charge in [-0.3, -0.25) is 4.90 Å². The Kier molecular flexibility index (Phi) is 2.95. The normalized spacial score (nSPS) is 8.69. The molecule has 0 saturated carbocycles. The minimum atomic E-state index is -0.624. The van der Waals surface area contributed by atoms with E-state index in [4.69, 9.17) is 0 Å². The van der Waals surface area contributed by atoms with Crippen molar-refractivity contribution in [3.05, 3.63) is 30.3 Å². The summed E-state index contributed by atoms with van der Waals surface area (Å²) in [6.07, 6.45) is 1.20. The van der Waals surface area contributed by atoms with Crippen molar-refractivity contribution in [1.82, 2.24) is 0 Å². The number of urea groups is 1. The molecule has 0 fully saturated rings. The molecule has 0 aromatic heterocycles. The number of hydrogen-bond acceptors (Lipinski definition) is 2. The van der Waals surface area contributed by atoms with Gasteiger partial charge >= 0.3 is 6.03 Å². The number of rotatable bonds is 1. The zero-order valence-corrected chi connectivity index (χ0v) is 7.10. The summed E-state index contributed by atoms with van der Waals surface area (Å²) < 4.78 is 0. The highest BCUT2D eigenvalue weighted by Gasteiger charge is 2.07. The first-order valence-corrected chi connectivity index (χ1v) is 3.66. The van der Waals surface area contributed by atoms with Crippen molar-refractivity contribution in [2.75, 3.05) is 11.9 Å². The van der Waals surface area contributed by atoms with E-state index in [1.54, 1.807) is 31.3 Å². The second-order valence-electron chi connectivity index (χ2n) is 2.38. The summed E-state index contributed by atoms with van der Waals surface area (Å²) >= 11 is 0. The summed E-state index contributed by atoms with van der Waals surface area (Å²) in [7, 11) is 1.54. The molecule has 4 heteroatoms. The van der Waals surface area contributed by atoms with E-state index < -0.39 is 6.03 Å². The summed E-state index contributed by atoms with van der Waals surface area (Å²) in [5, 5.41) is 0. The molecule has 0 aliphatic carbocycles. The lowest BCUT2D eigenvalue weighted by Gasteiger charge is -2.12. The molecule has 4 nitrogen and oxygen atoms in total. The van der Waals surface area contributed by atoms with E-state index in [9.17, 15) is 9.59 Å². The van der Waals surface area contributed by atoms with E-state index in [0.717, 1.165) is 0 Å². The largest absolute Gasteiger partial charge is 0.358 e. The number of aliphatic imine (C=N–C) groups is 1. The molecule has 1 rings (SSSR count). The Hall–Kier alpha value is -1.93. The predicted molar refractivity (Wildman–Crippen MR) is 48.4 cm³/mol. The first-order valence-electron chi connectivity index (χ1n) is 3.66. The standard InChI is InChI=1S/C9H8N2O2/c1-11(9(13)10-7-12)8-5-3-2-4-6-8/h2-6H,1H3. The monoisotopic (exact) mass is 176 g/mol. The van der Waals surface area contributed by atoms with Crippen molar-refractivity contribution in [3.8, 4) is 0 Å². The van der Waals surface area contributed by atoms with Crippen LogP contribution in [0.4, 0.5) is 10.5 Å². The van der Waals surface area contributed by atoms with Crippen LogP contribution in [0.25, 0.3) is 0 Å². The summed E-state index contributed by atoms with van der Waals surface area (Å²) in [6.45, 7) is 0. The number of amides is 2. The molecule has 0 heterocycles. The molecular formula is C9H8N2O2. The third-order valence-electron chi connectivity index (χ3n) is 1.57. The van der Waals surface area contributed by atoms with Crippen LogP contribution in [0.3, 0.4) is 0 Å². The summed E-state index contributed by atoms with van der Waals surface area (Å²) in [6, 6.07) is 8.30. The molecule has 0 atom stereocenters. The molecule has 0 aliphatic heterocycles. The summed E-state index contributed by atoms with van der Waals surface area (Å²) in [5.41, 5.74) is 0.687. The number of para-hydroxylation sites is 1. The molecule has 1 aromatic carbocycles. The maximum atomic E-state index is 11.0. The third kappa shape index (κ3) is 2.25. The van der Waals surface area contributed by atoms with Gasteiger partial charge in [0.15, 0.2) is 0 Å². The van der Waals surface area contributed by atoms with Gasteiger partial charge in [0.1, 0.15) is 0 Å². The lowest BCUT2D eigenvalue weighted by Crippen LogP contribution is -2.22. The van der Waals surface area contributed by atoms with Crippen molar-refractivity contribution < 1.29 is 9.59 Å². The molecule has 0 radical (unpaired) electrons. The van der Waals surface area contributed by atoms with E-state index >= 15 is 0 Å². The number of anilines is 1. The van der Waals surface area contributed by atoms with Gasteiger partial charge in [0.2, 0.25) is 6.08 Å². The molecule has 0 spiro atoms. The molecule has 0 aliphatic rings. The SMILES string of the molecule is CN(C(=O)N=C=O)c1ccccc1. The van der Waals surface area contributed by atoms with Crippen molar-refractivity contribution in [2.24, 2.45) is 4.99 Å². The van der Waals surface area contributed by atoms with E-state index in [-0.39, 0.29) is 0 Å². The van der Waals surface area contributed by atoms with Gasteiger partial charge in [-0.1, -0.05) is 18.2 Å². The molecule has 0 bridgehead atoms. The number of nitrogens with zero attached hydrogens (tertiary/aromatic N) is 2. The highest BCUT2D eigenvalue weighted by atomic mass is 16.2. The Morgan fingerprint density at radius 1 is 1.38 bits per heavy atom. The number of carbonyl (C=O) groups excluding carboxylic acids is 2. The van der Waals surface area contributed by atoms with Gasteiger partial charge in [-0.15, -0.1) is 4.99 Å². The lowest BCUT2D eigenvalue weighted by molar-refractivity contribution is 0.255. The maximum absolute atomic E-state index is 11.0. The minimum Gasteiger partial charge on any atom is -0.295 e. The molecule has 2 amide bonds. The summed E-state index contributed by atoms with van der Waals surface area (Å²) in [4.78, 5) is 25.1. The molecule has 66 valence electrons. The zero-order valence-electron chi connectivity index (χ0n) is 7.10. The first-order chi connectivity index (χ1) is 6.25. The molecule has 13 heavy (non-hydrogen) atoms. The average Bonchev–Trinajstić information content (AvgIpc) is 2.18. The van der Waals surface area contributed by atoms with Crippen LogP contribution >= 0.6 is 0 Å². The van der Waals surface area contributed by atoms with Crippen LogP contribution in [0.2, 0.25) is 0 Å². The van der Waals surface area contributed by atoms with E-state index in [1.165, 1.54) is 11.0 Å². The van der Waals surface area contributed by atoms with Gasteiger partial charge in [0, 0.05) is 12.7 Å². The quantitative estimate of drug-likeness (QED) is 0.481. The Morgan fingerprint density at radius 2 is 2.00 bits per heavy atom. The Bertz CT molecular complexity index is 342. The van der Waals surface area contributed by atoms with E-state index in [1.807, 2.05) is 6.07 Å². The van der Waals surface area contributed by atoms with Crippen LogP contribution in [-0.4, -0.2) is 19.2 Å². The lowest BCUT2D eigenvalue weighted by atomic mass is 10.3. The van der Waals surface area contributed by atoms with Crippen LogP contribution < -0.4 is 4.90 Å². The van der Waals surface area contributed by atoms with Crippen LogP contribution in [-0.2, 0) is 4.79 Å². The highest BCUT2D eigenvalue weighted by Crippen LogP contribution is 2.11. The van der Waals surface area contributed by atoms with Crippen LogP contribution in [0, 0.1) is 0 Å².